The molecule has 0 amide bonds. The molecule has 0 spiro atoms. The van der Waals surface area contributed by atoms with Gasteiger partial charge in [-0.05, 0) is 12.5 Å². The Labute approximate surface area is 124 Å². The molecule has 1 aromatic heterocycles. The van der Waals surface area contributed by atoms with Gasteiger partial charge in [0.1, 0.15) is 29.1 Å². The second-order valence-corrected chi connectivity index (χ2v) is 4.47. The highest BCUT2D eigenvalue weighted by Gasteiger charge is 2.20. The van der Waals surface area contributed by atoms with Gasteiger partial charge in [0.2, 0.25) is 0 Å². The second-order valence-electron chi connectivity index (χ2n) is 4.47. The first-order chi connectivity index (χ1) is 10.4. The van der Waals surface area contributed by atoms with Crippen molar-refractivity contribution in [2.75, 3.05) is 5.73 Å². The minimum absolute atomic E-state index is 0.00523. The Kier molecular flexibility index (Phi) is 3.61. The zero-order valence-corrected chi connectivity index (χ0v) is 11.4. The highest BCUT2D eigenvalue weighted by molar-refractivity contribution is 5.81. The third-order valence-electron chi connectivity index (χ3n) is 3.16. The number of nitriles is 2. The van der Waals surface area contributed by atoms with E-state index in [4.69, 9.17) is 11.0 Å². The van der Waals surface area contributed by atoms with Crippen molar-refractivity contribution in [3.05, 3.63) is 55.4 Å². The van der Waals surface area contributed by atoms with E-state index in [-0.39, 0.29) is 33.8 Å². The molecule has 8 heteroatoms. The number of rotatable bonds is 2. The second kappa shape index (κ2) is 5.38. The number of nitrogens with one attached hydrogen (secondary N) is 1. The van der Waals surface area contributed by atoms with Gasteiger partial charge in [0.15, 0.2) is 0 Å². The lowest BCUT2D eigenvalue weighted by molar-refractivity contribution is -0.385. The van der Waals surface area contributed by atoms with Crippen LogP contribution >= 0.6 is 0 Å². The summed E-state index contributed by atoms with van der Waals surface area (Å²) < 4.78 is 0. The van der Waals surface area contributed by atoms with Crippen LogP contribution in [0.5, 0.6) is 0 Å². The fourth-order valence-electron chi connectivity index (χ4n) is 2.09. The number of hydrogen-bond donors (Lipinski definition) is 2. The number of aromatic amines is 1. The van der Waals surface area contributed by atoms with Crippen molar-refractivity contribution in [1.29, 1.82) is 10.5 Å². The fraction of sp³-hybridized carbons (Fsp3) is 0.0714. The number of aryl methyl sites for hydroxylation is 1. The van der Waals surface area contributed by atoms with E-state index in [0.29, 0.717) is 5.56 Å². The number of pyridine rings is 1. The van der Waals surface area contributed by atoms with Crippen LogP contribution in [0.3, 0.4) is 0 Å². The van der Waals surface area contributed by atoms with E-state index < -0.39 is 10.5 Å². The van der Waals surface area contributed by atoms with E-state index >= 15 is 0 Å². The van der Waals surface area contributed by atoms with Crippen LogP contribution < -0.4 is 11.3 Å². The molecule has 2 aromatic rings. The summed E-state index contributed by atoms with van der Waals surface area (Å²) in [6.45, 7) is 1.56. The summed E-state index contributed by atoms with van der Waals surface area (Å²) in [7, 11) is 0. The third-order valence-corrected chi connectivity index (χ3v) is 3.16. The smallest absolute Gasteiger partial charge is 0.272 e. The molecule has 0 radical (unpaired) electrons. The van der Waals surface area contributed by atoms with Gasteiger partial charge >= 0.3 is 0 Å². The number of H-pyrrole nitrogens is 1. The monoisotopic (exact) mass is 295 g/mol. The van der Waals surface area contributed by atoms with Crippen LogP contribution in [0.25, 0.3) is 11.1 Å². The number of anilines is 1. The van der Waals surface area contributed by atoms with E-state index in [1.165, 1.54) is 18.2 Å². The Morgan fingerprint density at radius 3 is 2.45 bits per heavy atom. The molecule has 108 valence electrons. The van der Waals surface area contributed by atoms with Crippen molar-refractivity contribution in [3.8, 4) is 23.3 Å². The molecular weight excluding hydrogens is 286 g/mol. The summed E-state index contributed by atoms with van der Waals surface area (Å²) in [5, 5.41) is 29.4. The van der Waals surface area contributed by atoms with Crippen LogP contribution in [0.1, 0.15) is 16.7 Å². The number of nitrogens with zero attached hydrogens (tertiary/aromatic N) is 3. The lowest BCUT2D eigenvalue weighted by Crippen LogP contribution is -2.16. The van der Waals surface area contributed by atoms with Crippen LogP contribution in [-0.2, 0) is 0 Å². The number of nitro groups is 1. The predicted molar refractivity (Wildman–Crippen MR) is 77.7 cm³/mol. The summed E-state index contributed by atoms with van der Waals surface area (Å²) >= 11 is 0. The Balaban J connectivity index is 2.92. The van der Waals surface area contributed by atoms with Gasteiger partial charge in [0.05, 0.1) is 4.92 Å². The van der Waals surface area contributed by atoms with Gasteiger partial charge in [-0.3, -0.25) is 14.9 Å². The zero-order valence-electron chi connectivity index (χ0n) is 11.4. The van der Waals surface area contributed by atoms with Gasteiger partial charge in [0, 0.05) is 17.2 Å². The molecule has 1 aromatic carbocycles. The lowest BCUT2D eigenvalue weighted by atomic mass is 9.95. The average molecular weight is 295 g/mol. The molecular formula is C14H9N5O3. The van der Waals surface area contributed by atoms with Crippen molar-refractivity contribution in [1.82, 2.24) is 4.98 Å². The van der Waals surface area contributed by atoms with Crippen molar-refractivity contribution in [2.24, 2.45) is 0 Å². The molecule has 0 saturated heterocycles. The van der Waals surface area contributed by atoms with Crippen LogP contribution in [0, 0.1) is 39.7 Å². The quantitative estimate of drug-likeness (QED) is 0.634. The Morgan fingerprint density at radius 1 is 1.27 bits per heavy atom. The van der Waals surface area contributed by atoms with Crippen molar-refractivity contribution in [3.63, 3.8) is 0 Å². The molecule has 2 rings (SSSR count). The number of hydrogen-bond acceptors (Lipinski definition) is 6. The van der Waals surface area contributed by atoms with E-state index in [1.54, 1.807) is 13.0 Å². The molecule has 0 atom stereocenters. The van der Waals surface area contributed by atoms with Crippen LogP contribution in [0.4, 0.5) is 11.5 Å². The lowest BCUT2D eigenvalue weighted by Gasteiger charge is -2.09. The SMILES string of the molecule is Cc1ccc(-c2c(C#N)c(N)[nH]c(=O)c2C#N)cc1[N+](=O)[O-]. The summed E-state index contributed by atoms with van der Waals surface area (Å²) in [6.07, 6.45) is 0. The average Bonchev–Trinajstić information content (AvgIpc) is 2.47. The molecule has 0 saturated carbocycles. The maximum Gasteiger partial charge on any atom is 0.272 e. The number of nitro benzene ring substituents is 1. The highest BCUT2D eigenvalue weighted by Crippen LogP contribution is 2.31. The minimum atomic E-state index is -0.753. The van der Waals surface area contributed by atoms with Crippen molar-refractivity contribution >= 4 is 11.5 Å². The number of aromatic nitrogens is 1. The molecule has 1 heterocycles. The summed E-state index contributed by atoms with van der Waals surface area (Å²) in [4.78, 5) is 24.5. The summed E-state index contributed by atoms with van der Waals surface area (Å²) in [5.41, 5.74) is 4.88. The fourth-order valence-corrected chi connectivity index (χ4v) is 2.09. The van der Waals surface area contributed by atoms with Crippen molar-refractivity contribution in [2.45, 2.75) is 6.92 Å². The Morgan fingerprint density at radius 2 is 1.91 bits per heavy atom. The highest BCUT2D eigenvalue weighted by atomic mass is 16.6. The van der Waals surface area contributed by atoms with Gasteiger partial charge in [-0.25, -0.2) is 0 Å². The van der Waals surface area contributed by atoms with Gasteiger partial charge in [0.25, 0.3) is 11.2 Å². The minimum Gasteiger partial charge on any atom is -0.384 e. The predicted octanol–water partition coefficient (Wildman–Crippen LogP) is 1.58. The molecule has 0 aliphatic heterocycles. The normalized spacial score (nSPS) is 9.77. The standard InChI is InChI=1S/C14H9N5O3/c1-7-2-3-8(4-11(7)19(21)22)12-9(5-15)13(17)18-14(20)10(12)6-16/h2-4H,1H3,(H3,17,18,20). The largest absolute Gasteiger partial charge is 0.384 e. The molecule has 0 unspecified atom stereocenters. The Bertz CT molecular complexity index is 931. The van der Waals surface area contributed by atoms with E-state index in [0.717, 1.165) is 0 Å². The molecule has 22 heavy (non-hydrogen) atoms. The molecule has 0 fully saturated rings. The molecule has 0 bridgehead atoms. The van der Waals surface area contributed by atoms with Gasteiger partial charge in [-0.1, -0.05) is 12.1 Å². The topological polar surface area (TPSA) is 150 Å². The first-order valence-corrected chi connectivity index (χ1v) is 6.02. The number of nitrogen functional groups attached to an aromatic ring is 1. The molecule has 0 aliphatic rings. The number of benzene rings is 1. The van der Waals surface area contributed by atoms with E-state index in [9.17, 15) is 20.2 Å². The van der Waals surface area contributed by atoms with Crippen molar-refractivity contribution < 1.29 is 4.92 Å². The molecule has 3 N–H and O–H groups in total. The van der Waals surface area contributed by atoms with Gasteiger partial charge in [-0.2, -0.15) is 10.5 Å². The van der Waals surface area contributed by atoms with E-state index in [1.807, 2.05) is 6.07 Å². The Hall–Kier alpha value is -3.65. The summed E-state index contributed by atoms with van der Waals surface area (Å²) in [6, 6.07) is 7.71. The third kappa shape index (κ3) is 2.25. The van der Waals surface area contributed by atoms with E-state index in [2.05, 4.69) is 4.98 Å². The van der Waals surface area contributed by atoms with Gasteiger partial charge in [-0.15, -0.1) is 0 Å². The molecule has 0 aliphatic carbocycles. The zero-order chi connectivity index (χ0) is 16.4. The number of nitrogens with two attached hydrogens (primary N) is 1. The van der Waals surface area contributed by atoms with Crippen LogP contribution in [0.2, 0.25) is 0 Å². The van der Waals surface area contributed by atoms with Crippen LogP contribution in [0.15, 0.2) is 23.0 Å². The first kappa shape index (κ1) is 14.8. The molecule has 8 nitrogen and oxygen atoms in total. The first-order valence-electron chi connectivity index (χ1n) is 6.02. The van der Waals surface area contributed by atoms with Crippen LogP contribution in [-0.4, -0.2) is 9.91 Å². The summed E-state index contributed by atoms with van der Waals surface area (Å²) in [5.74, 6) is -0.190. The maximum atomic E-state index is 11.8. The maximum absolute atomic E-state index is 11.8. The van der Waals surface area contributed by atoms with Gasteiger partial charge < -0.3 is 10.7 Å².